The predicted octanol–water partition coefficient (Wildman–Crippen LogP) is 6.56. The molecule has 3 aromatic carbocycles. The summed E-state index contributed by atoms with van der Waals surface area (Å²) in [6.45, 7) is 0. The fourth-order valence-corrected chi connectivity index (χ4v) is 2.01. The molecule has 0 saturated heterocycles. The van der Waals surface area contributed by atoms with Crippen LogP contribution in [-0.2, 0) is 0 Å². The summed E-state index contributed by atoms with van der Waals surface area (Å²) >= 11 is 0. The van der Waals surface area contributed by atoms with Crippen molar-refractivity contribution in [3.63, 3.8) is 0 Å². The van der Waals surface area contributed by atoms with E-state index in [1.54, 1.807) is 0 Å². The van der Waals surface area contributed by atoms with Gasteiger partial charge in [-0.1, -0.05) is 18.2 Å². The molecule has 0 aliphatic heterocycles. The summed E-state index contributed by atoms with van der Waals surface area (Å²) in [5, 5.41) is 19.9. The van der Waals surface area contributed by atoms with Crippen molar-refractivity contribution in [3.05, 3.63) is 78.9 Å². The van der Waals surface area contributed by atoms with Gasteiger partial charge in [-0.15, -0.1) is 0 Å². The predicted molar refractivity (Wildman–Crippen MR) is 97.2 cm³/mol. The zero-order chi connectivity index (χ0) is 16.6. The van der Waals surface area contributed by atoms with Crippen molar-refractivity contribution in [2.45, 2.75) is 0 Å². The molecule has 0 amide bonds. The van der Waals surface area contributed by atoms with Crippen LogP contribution in [-0.4, -0.2) is 7.05 Å². The molecule has 3 rings (SSSR count). The van der Waals surface area contributed by atoms with Crippen LogP contribution in [0.1, 0.15) is 0 Å². The topological polar surface area (TPSA) is 61.5 Å². The minimum absolute atomic E-state index is 0.770. The smallest absolute Gasteiger partial charge is 0.0858 e. The van der Waals surface area contributed by atoms with Gasteiger partial charge in [0.1, 0.15) is 0 Å². The number of azo groups is 2. The Bertz CT molecular complexity index is 822. The summed E-state index contributed by atoms with van der Waals surface area (Å²) in [7, 11) is 1.88. The van der Waals surface area contributed by atoms with Crippen LogP contribution in [0, 0.1) is 0 Å². The van der Waals surface area contributed by atoms with Crippen molar-refractivity contribution >= 4 is 28.4 Å². The molecule has 0 saturated carbocycles. The van der Waals surface area contributed by atoms with Gasteiger partial charge in [0.25, 0.3) is 0 Å². The maximum Gasteiger partial charge on any atom is 0.0858 e. The highest BCUT2D eigenvalue weighted by Gasteiger charge is 1.94. The maximum absolute atomic E-state index is 4.22. The second-order valence-electron chi connectivity index (χ2n) is 5.05. The first kappa shape index (κ1) is 15.6. The van der Waals surface area contributed by atoms with Crippen molar-refractivity contribution in [2.75, 3.05) is 12.4 Å². The third-order valence-electron chi connectivity index (χ3n) is 3.32. The highest BCUT2D eigenvalue weighted by Crippen LogP contribution is 2.23. The molecule has 0 radical (unpaired) electrons. The van der Waals surface area contributed by atoms with Crippen molar-refractivity contribution in [1.82, 2.24) is 0 Å². The Balaban J connectivity index is 1.65. The summed E-state index contributed by atoms with van der Waals surface area (Å²) in [6, 6.07) is 24.8. The molecule has 1 N–H and O–H groups in total. The number of benzene rings is 3. The van der Waals surface area contributed by atoms with E-state index in [2.05, 4.69) is 25.8 Å². The third kappa shape index (κ3) is 4.33. The van der Waals surface area contributed by atoms with Gasteiger partial charge in [-0.25, -0.2) is 0 Å². The van der Waals surface area contributed by atoms with Gasteiger partial charge in [-0.2, -0.15) is 20.5 Å². The van der Waals surface area contributed by atoms with Crippen molar-refractivity contribution in [2.24, 2.45) is 20.5 Å². The summed E-state index contributed by atoms with van der Waals surface area (Å²) in [5.41, 5.74) is 4.22. The standard InChI is InChI=1S/C19H17N5/c1-20-15-7-9-17(10-8-15)23-24-19-13-11-18(12-14-19)22-21-16-5-3-2-4-6-16/h2-14,20H,1H3. The van der Waals surface area contributed by atoms with E-state index >= 15 is 0 Å². The Kier molecular flexibility index (Phi) is 5.04. The Hall–Kier alpha value is -3.34. The van der Waals surface area contributed by atoms with Gasteiger partial charge >= 0.3 is 0 Å². The van der Waals surface area contributed by atoms with E-state index in [0.29, 0.717) is 0 Å². The lowest BCUT2D eigenvalue weighted by atomic mass is 10.3. The van der Waals surface area contributed by atoms with Gasteiger partial charge in [0.15, 0.2) is 0 Å². The molecule has 0 aromatic heterocycles. The van der Waals surface area contributed by atoms with E-state index in [4.69, 9.17) is 0 Å². The fraction of sp³-hybridized carbons (Fsp3) is 0.0526. The molecule has 0 atom stereocenters. The van der Waals surface area contributed by atoms with Crippen LogP contribution in [0.5, 0.6) is 0 Å². The molecule has 0 spiro atoms. The number of hydrogen-bond acceptors (Lipinski definition) is 5. The van der Waals surface area contributed by atoms with Crippen molar-refractivity contribution in [3.8, 4) is 0 Å². The van der Waals surface area contributed by atoms with E-state index in [9.17, 15) is 0 Å². The number of anilines is 1. The molecular formula is C19H17N5. The zero-order valence-corrected chi connectivity index (χ0v) is 13.3. The Morgan fingerprint density at radius 3 is 1.29 bits per heavy atom. The second kappa shape index (κ2) is 7.78. The van der Waals surface area contributed by atoms with Crippen molar-refractivity contribution < 1.29 is 0 Å². The molecule has 3 aromatic rings. The first-order chi connectivity index (χ1) is 11.8. The van der Waals surface area contributed by atoms with Gasteiger partial charge < -0.3 is 5.32 Å². The first-order valence-corrected chi connectivity index (χ1v) is 7.60. The first-order valence-electron chi connectivity index (χ1n) is 7.60. The lowest BCUT2D eigenvalue weighted by Crippen LogP contribution is -1.84. The van der Waals surface area contributed by atoms with Crippen LogP contribution in [0.15, 0.2) is 99.3 Å². The summed E-state index contributed by atoms with van der Waals surface area (Å²) in [5.74, 6) is 0. The van der Waals surface area contributed by atoms with E-state index in [-0.39, 0.29) is 0 Å². The largest absolute Gasteiger partial charge is 0.388 e. The fourth-order valence-electron chi connectivity index (χ4n) is 2.01. The Morgan fingerprint density at radius 1 is 0.500 bits per heavy atom. The van der Waals surface area contributed by atoms with E-state index < -0.39 is 0 Å². The molecule has 24 heavy (non-hydrogen) atoms. The van der Waals surface area contributed by atoms with Crippen LogP contribution < -0.4 is 5.32 Å². The van der Waals surface area contributed by atoms with Crippen molar-refractivity contribution in [1.29, 1.82) is 0 Å². The SMILES string of the molecule is CNc1ccc(N=Nc2ccc(N=Nc3ccccc3)cc2)cc1. The van der Waals surface area contributed by atoms with Crippen LogP contribution >= 0.6 is 0 Å². The molecule has 118 valence electrons. The normalized spacial score (nSPS) is 11.2. The highest BCUT2D eigenvalue weighted by molar-refractivity contribution is 5.51. The molecule has 0 unspecified atom stereocenters. The number of nitrogens with zero attached hydrogens (tertiary/aromatic N) is 4. The van der Waals surface area contributed by atoms with Gasteiger partial charge in [0, 0.05) is 12.7 Å². The molecule has 0 heterocycles. The van der Waals surface area contributed by atoms with Gasteiger partial charge in [0.05, 0.1) is 22.7 Å². The molecule has 0 aliphatic carbocycles. The minimum Gasteiger partial charge on any atom is -0.388 e. The molecular weight excluding hydrogens is 298 g/mol. The molecule has 0 fully saturated rings. The lowest BCUT2D eigenvalue weighted by Gasteiger charge is -1.98. The number of rotatable bonds is 5. The van der Waals surface area contributed by atoms with Crippen LogP contribution in [0.3, 0.4) is 0 Å². The van der Waals surface area contributed by atoms with Gasteiger partial charge in [-0.05, 0) is 60.7 Å². The number of hydrogen-bond donors (Lipinski definition) is 1. The quantitative estimate of drug-likeness (QED) is 0.532. The summed E-state index contributed by atoms with van der Waals surface area (Å²) < 4.78 is 0. The Morgan fingerprint density at radius 2 is 0.875 bits per heavy atom. The van der Waals surface area contributed by atoms with E-state index in [1.165, 1.54) is 0 Å². The Labute approximate surface area is 140 Å². The molecule has 0 aliphatic rings. The maximum atomic E-state index is 4.22. The lowest BCUT2D eigenvalue weighted by molar-refractivity contribution is 1.21. The van der Waals surface area contributed by atoms with Gasteiger partial charge in [0.2, 0.25) is 0 Å². The van der Waals surface area contributed by atoms with Crippen LogP contribution in [0.25, 0.3) is 0 Å². The molecule has 5 nitrogen and oxygen atoms in total. The minimum atomic E-state index is 0.770. The van der Waals surface area contributed by atoms with Crippen LogP contribution in [0.4, 0.5) is 28.4 Å². The van der Waals surface area contributed by atoms with E-state index in [0.717, 1.165) is 28.4 Å². The average molecular weight is 315 g/mol. The third-order valence-corrected chi connectivity index (χ3v) is 3.32. The number of nitrogens with one attached hydrogen (secondary N) is 1. The van der Waals surface area contributed by atoms with Crippen LogP contribution in [0.2, 0.25) is 0 Å². The zero-order valence-electron chi connectivity index (χ0n) is 13.3. The van der Waals surface area contributed by atoms with E-state index in [1.807, 2.05) is 85.9 Å². The summed E-state index contributed by atoms with van der Waals surface area (Å²) in [4.78, 5) is 0. The summed E-state index contributed by atoms with van der Waals surface area (Å²) in [6.07, 6.45) is 0. The average Bonchev–Trinajstić information content (AvgIpc) is 2.67. The second-order valence-corrected chi connectivity index (χ2v) is 5.05. The molecule has 5 heteroatoms. The molecule has 0 bridgehead atoms. The van der Waals surface area contributed by atoms with Gasteiger partial charge in [-0.3, -0.25) is 0 Å². The monoisotopic (exact) mass is 315 g/mol. The highest BCUT2D eigenvalue weighted by atomic mass is 15.1.